The second-order valence-corrected chi connectivity index (χ2v) is 7.07. The molecule has 2 aliphatic rings. The Kier molecular flexibility index (Phi) is 10.5. The quantitative estimate of drug-likeness (QED) is 0.393. The molecule has 1 aliphatic heterocycles. The smallest absolute Gasteiger partial charge is 0.191 e. The van der Waals surface area contributed by atoms with Crippen LogP contribution in [0.25, 0.3) is 0 Å². The third kappa shape index (κ3) is 8.03. The predicted molar refractivity (Wildman–Crippen MR) is 108 cm³/mol. The van der Waals surface area contributed by atoms with Gasteiger partial charge in [0.1, 0.15) is 0 Å². The average molecular weight is 438 g/mol. The van der Waals surface area contributed by atoms with Crippen LogP contribution in [0.5, 0.6) is 0 Å². The topological polar surface area (TPSA) is 48.9 Å². The number of nitrogens with one attached hydrogen (secondary N) is 2. The second-order valence-electron chi connectivity index (χ2n) is 7.07. The van der Waals surface area contributed by atoms with Gasteiger partial charge in [-0.05, 0) is 37.5 Å². The van der Waals surface area contributed by atoms with Crippen LogP contribution in [-0.4, -0.2) is 63.3 Å². The van der Waals surface area contributed by atoms with Crippen LogP contribution in [0.4, 0.5) is 0 Å². The molecule has 0 spiro atoms. The van der Waals surface area contributed by atoms with Gasteiger partial charge in [0.15, 0.2) is 5.96 Å². The highest BCUT2D eigenvalue weighted by Crippen LogP contribution is 2.23. The molecule has 2 rings (SSSR count). The van der Waals surface area contributed by atoms with Gasteiger partial charge >= 0.3 is 0 Å². The summed E-state index contributed by atoms with van der Waals surface area (Å²) in [6.45, 7) is 10.7. The molecule has 2 fully saturated rings. The first kappa shape index (κ1) is 21.0. The number of hydrogen-bond acceptors (Lipinski definition) is 3. The molecule has 1 atom stereocenters. The summed E-state index contributed by atoms with van der Waals surface area (Å²) in [6.07, 6.45) is 5.21. The molecule has 1 saturated heterocycles. The average Bonchev–Trinajstić information content (AvgIpc) is 2.54. The van der Waals surface area contributed by atoms with Crippen LogP contribution in [0.2, 0.25) is 0 Å². The van der Waals surface area contributed by atoms with Crippen molar-refractivity contribution in [2.75, 3.05) is 46.4 Å². The maximum Gasteiger partial charge on any atom is 0.191 e. The van der Waals surface area contributed by atoms with Crippen LogP contribution in [0, 0.1) is 11.8 Å². The molecule has 0 radical (unpaired) electrons. The van der Waals surface area contributed by atoms with Crippen molar-refractivity contribution in [3.8, 4) is 0 Å². The van der Waals surface area contributed by atoms with Crippen molar-refractivity contribution in [2.45, 2.75) is 45.6 Å². The summed E-state index contributed by atoms with van der Waals surface area (Å²) in [4.78, 5) is 6.88. The van der Waals surface area contributed by atoms with E-state index in [-0.39, 0.29) is 24.0 Å². The van der Waals surface area contributed by atoms with Crippen LogP contribution in [0.15, 0.2) is 4.99 Å². The number of guanidine groups is 1. The van der Waals surface area contributed by atoms with Gasteiger partial charge in [0.2, 0.25) is 0 Å². The van der Waals surface area contributed by atoms with Crippen molar-refractivity contribution in [2.24, 2.45) is 16.8 Å². The first-order valence-electron chi connectivity index (χ1n) is 8.94. The van der Waals surface area contributed by atoms with E-state index in [2.05, 4.69) is 34.4 Å². The Labute approximate surface area is 159 Å². The minimum Gasteiger partial charge on any atom is -0.379 e. The van der Waals surface area contributed by atoms with Gasteiger partial charge in [-0.25, -0.2) is 0 Å². The largest absolute Gasteiger partial charge is 0.379 e. The molecular weight excluding hydrogens is 403 g/mol. The molecule has 23 heavy (non-hydrogen) atoms. The maximum atomic E-state index is 5.40. The van der Waals surface area contributed by atoms with Crippen LogP contribution in [0.1, 0.15) is 39.5 Å². The van der Waals surface area contributed by atoms with E-state index in [0.717, 1.165) is 51.3 Å². The van der Waals surface area contributed by atoms with Gasteiger partial charge in [-0.2, -0.15) is 0 Å². The normalized spacial score (nSPS) is 27.9. The van der Waals surface area contributed by atoms with E-state index in [0.29, 0.717) is 12.0 Å². The monoisotopic (exact) mass is 438 g/mol. The third-order valence-electron chi connectivity index (χ3n) is 4.87. The van der Waals surface area contributed by atoms with Gasteiger partial charge < -0.3 is 15.4 Å². The van der Waals surface area contributed by atoms with E-state index < -0.39 is 0 Å². The Morgan fingerprint density at radius 3 is 2.48 bits per heavy atom. The number of ether oxygens (including phenoxy) is 1. The van der Waals surface area contributed by atoms with Crippen molar-refractivity contribution in [3.05, 3.63) is 0 Å². The molecule has 1 heterocycles. The fourth-order valence-electron chi connectivity index (χ4n) is 3.35. The van der Waals surface area contributed by atoms with Crippen LogP contribution in [0.3, 0.4) is 0 Å². The molecule has 1 saturated carbocycles. The number of hydrogen-bond donors (Lipinski definition) is 2. The Hall–Kier alpha value is -0.0800. The molecule has 5 nitrogen and oxygen atoms in total. The van der Waals surface area contributed by atoms with E-state index in [1.165, 1.54) is 25.7 Å². The zero-order chi connectivity index (χ0) is 15.8. The molecule has 0 aromatic heterocycles. The maximum absolute atomic E-state index is 5.40. The van der Waals surface area contributed by atoms with Gasteiger partial charge in [-0.1, -0.05) is 13.8 Å². The van der Waals surface area contributed by atoms with Crippen molar-refractivity contribution < 1.29 is 4.74 Å². The molecule has 1 unspecified atom stereocenters. The number of rotatable bonds is 5. The molecule has 136 valence electrons. The SMILES string of the molecule is CN=C(NCC(C)CN1CCOCC1)NC1CCC(C)CC1.I. The first-order chi connectivity index (χ1) is 10.7. The fourth-order valence-corrected chi connectivity index (χ4v) is 3.35. The second kappa shape index (κ2) is 11.5. The van der Waals surface area contributed by atoms with E-state index >= 15 is 0 Å². The van der Waals surface area contributed by atoms with Crippen molar-refractivity contribution >= 4 is 29.9 Å². The molecule has 0 bridgehead atoms. The lowest BCUT2D eigenvalue weighted by Crippen LogP contribution is -2.47. The summed E-state index contributed by atoms with van der Waals surface area (Å²) >= 11 is 0. The minimum atomic E-state index is 0. The van der Waals surface area contributed by atoms with E-state index in [9.17, 15) is 0 Å². The molecule has 0 aromatic carbocycles. The number of aliphatic imine (C=N–C) groups is 1. The molecule has 6 heteroatoms. The minimum absolute atomic E-state index is 0. The molecule has 0 aromatic rings. The van der Waals surface area contributed by atoms with E-state index in [4.69, 9.17) is 4.74 Å². The summed E-state index contributed by atoms with van der Waals surface area (Å²) in [5.74, 6) is 2.47. The molecule has 2 N–H and O–H groups in total. The fraction of sp³-hybridized carbons (Fsp3) is 0.941. The molecule has 1 aliphatic carbocycles. The molecule has 0 amide bonds. The third-order valence-corrected chi connectivity index (χ3v) is 4.87. The lowest BCUT2D eigenvalue weighted by atomic mass is 9.87. The summed E-state index contributed by atoms with van der Waals surface area (Å²) in [5, 5.41) is 7.09. The summed E-state index contributed by atoms with van der Waals surface area (Å²) < 4.78 is 5.40. The Morgan fingerprint density at radius 2 is 1.87 bits per heavy atom. The Balaban J connectivity index is 0.00000264. The van der Waals surface area contributed by atoms with Crippen molar-refractivity contribution in [1.82, 2.24) is 15.5 Å². The van der Waals surface area contributed by atoms with Crippen molar-refractivity contribution in [1.29, 1.82) is 0 Å². The van der Waals surface area contributed by atoms with Gasteiger partial charge in [0.05, 0.1) is 13.2 Å². The van der Waals surface area contributed by atoms with Gasteiger partial charge in [0.25, 0.3) is 0 Å². The highest BCUT2D eigenvalue weighted by molar-refractivity contribution is 14.0. The first-order valence-corrected chi connectivity index (χ1v) is 8.94. The van der Waals surface area contributed by atoms with Gasteiger partial charge in [0, 0.05) is 39.3 Å². The van der Waals surface area contributed by atoms with E-state index in [1.807, 2.05) is 7.05 Å². The highest BCUT2D eigenvalue weighted by Gasteiger charge is 2.19. The summed E-state index contributed by atoms with van der Waals surface area (Å²) in [7, 11) is 1.87. The summed E-state index contributed by atoms with van der Waals surface area (Å²) in [5.41, 5.74) is 0. The van der Waals surface area contributed by atoms with Crippen LogP contribution in [-0.2, 0) is 4.74 Å². The van der Waals surface area contributed by atoms with E-state index in [1.54, 1.807) is 0 Å². The highest BCUT2D eigenvalue weighted by atomic mass is 127. The van der Waals surface area contributed by atoms with Gasteiger partial charge in [-0.15, -0.1) is 24.0 Å². The van der Waals surface area contributed by atoms with Crippen LogP contribution < -0.4 is 10.6 Å². The zero-order valence-electron chi connectivity index (χ0n) is 15.0. The predicted octanol–water partition coefficient (Wildman–Crippen LogP) is 2.32. The number of nitrogens with zero attached hydrogens (tertiary/aromatic N) is 2. The van der Waals surface area contributed by atoms with Crippen molar-refractivity contribution in [3.63, 3.8) is 0 Å². The lowest BCUT2D eigenvalue weighted by Gasteiger charge is -2.30. The Bertz CT molecular complexity index is 339. The Morgan fingerprint density at radius 1 is 1.22 bits per heavy atom. The van der Waals surface area contributed by atoms with Crippen LogP contribution >= 0.6 is 24.0 Å². The molecular formula is C17H35IN4O. The number of morpholine rings is 1. The lowest BCUT2D eigenvalue weighted by molar-refractivity contribution is 0.0320. The number of halogens is 1. The standard InChI is InChI=1S/C17H34N4O.HI/c1-14-4-6-16(7-5-14)20-17(18-3)19-12-15(2)13-21-8-10-22-11-9-21;/h14-16H,4-13H2,1-3H3,(H2,18,19,20);1H. The van der Waals surface area contributed by atoms with Gasteiger partial charge in [-0.3, -0.25) is 9.89 Å². The zero-order valence-corrected chi connectivity index (χ0v) is 17.3. The summed E-state index contributed by atoms with van der Waals surface area (Å²) in [6, 6.07) is 0.594.